The van der Waals surface area contributed by atoms with Crippen molar-refractivity contribution in [3.05, 3.63) is 90.0 Å². The standard InChI is InChI=1S/C22H15NO3S/c24-19(15-8-2-1-3-9-15)14-26-22(25)17-11-5-4-10-16(17)21-23-18-12-6-7-13-20(18)27-21/h1-13H,14H2. The van der Waals surface area contributed by atoms with Gasteiger partial charge in [-0.1, -0.05) is 60.7 Å². The van der Waals surface area contributed by atoms with Gasteiger partial charge in [-0.25, -0.2) is 9.78 Å². The summed E-state index contributed by atoms with van der Waals surface area (Å²) in [5, 5.41) is 0.748. The summed E-state index contributed by atoms with van der Waals surface area (Å²) in [6, 6.07) is 23.8. The van der Waals surface area contributed by atoms with Crippen LogP contribution in [0, 0.1) is 0 Å². The van der Waals surface area contributed by atoms with Gasteiger partial charge in [-0.2, -0.15) is 0 Å². The van der Waals surface area contributed by atoms with E-state index in [1.54, 1.807) is 36.4 Å². The first-order valence-corrected chi connectivity index (χ1v) is 9.24. The van der Waals surface area contributed by atoms with Gasteiger partial charge in [-0.05, 0) is 18.2 Å². The Hall–Kier alpha value is -3.31. The van der Waals surface area contributed by atoms with Crippen LogP contribution in [0.1, 0.15) is 20.7 Å². The maximum atomic E-state index is 12.6. The van der Waals surface area contributed by atoms with Crippen molar-refractivity contribution >= 4 is 33.3 Å². The first-order valence-electron chi connectivity index (χ1n) is 8.43. The molecule has 0 aliphatic heterocycles. The second-order valence-corrected chi connectivity index (χ2v) is 6.93. The molecule has 0 radical (unpaired) electrons. The quantitative estimate of drug-likeness (QED) is 0.365. The van der Waals surface area contributed by atoms with Gasteiger partial charge in [0, 0.05) is 11.1 Å². The zero-order valence-electron chi connectivity index (χ0n) is 14.3. The van der Waals surface area contributed by atoms with Crippen LogP contribution in [-0.4, -0.2) is 23.3 Å². The molecule has 0 saturated carbocycles. The van der Waals surface area contributed by atoms with Crippen molar-refractivity contribution in [2.24, 2.45) is 0 Å². The number of aromatic nitrogens is 1. The number of rotatable bonds is 5. The van der Waals surface area contributed by atoms with Gasteiger partial charge < -0.3 is 4.74 Å². The monoisotopic (exact) mass is 373 g/mol. The number of thiazole rings is 1. The minimum absolute atomic E-state index is 0.235. The van der Waals surface area contributed by atoms with Gasteiger partial charge in [0.25, 0.3) is 0 Å². The third-order valence-corrected chi connectivity index (χ3v) is 5.17. The molecule has 4 rings (SSSR count). The smallest absolute Gasteiger partial charge is 0.339 e. The lowest BCUT2D eigenvalue weighted by Crippen LogP contribution is -2.14. The van der Waals surface area contributed by atoms with Crippen molar-refractivity contribution in [2.45, 2.75) is 0 Å². The van der Waals surface area contributed by atoms with Crippen molar-refractivity contribution in [2.75, 3.05) is 6.61 Å². The Labute approximate surface area is 160 Å². The molecule has 0 aliphatic carbocycles. The van der Waals surface area contributed by atoms with Crippen LogP contribution < -0.4 is 0 Å². The van der Waals surface area contributed by atoms with Crippen molar-refractivity contribution in [3.63, 3.8) is 0 Å². The van der Waals surface area contributed by atoms with Crippen molar-refractivity contribution in [3.8, 4) is 10.6 Å². The fourth-order valence-electron chi connectivity index (χ4n) is 2.75. The molecule has 0 unspecified atom stereocenters. The van der Waals surface area contributed by atoms with E-state index >= 15 is 0 Å². The van der Waals surface area contributed by atoms with E-state index in [1.807, 2.05) is 42.5 Å². The Morgan fingerprint density at radius 3 is 2.37 bits per heavy atom. The van der Waals surface area contributed by atoms with Gasteiger partial charge in [-0.3, -0.25) is 4.79 Å². The summed E-state index contributed by atoms with van der Waals surface area (Å²) in [7, 11) is 0. The molecule has 4 nitrogen and oxygen atoms in total. The van der Waals surface area contributed by atoms with Crippen molar-refractivity contribution in [1.29, 1.82) is 0 Å². The maximum Gasteiger partial charge on any atom is 0.339 e. The number of esters is 1. The molecule has 0 aliphatic rings. The third-order valence-electron chi connectivity index (χ3n) is 4.10. The zero-order chi connectivity index (χ0) is 18.6. The lowest BCUT2D eigenvalue weighted by molar-refractivity contribution is 0.0475. The van der Waals surface area contributed by atoms with Crippen LogP contribution in [0.15, 0.2) is 78.9 Å². The number of ether oxygens (including phenoxy) is 1. The van der Waals surface area contributed by atoms with Gasteiger partial charge in [0.05, 0.1) is 15.8 Å². The van der Waals surface area contributed by atoms with Gasteiger partial charge in [0.2, 0.25) is 0 Å². The Morgan fingerprint density at radius 1 is 0.852 bits per heavy atom. The van der Waals surface area contributed by atoms with E-state index < -0.39 is 5.97 Å². The Balaban J connectivity index is 1.57. The number of fused-ring (bicyclic) bond motifs is 1. The third kappa shape index (κ3) is 3.64. The average molecular weight is 373 g/mol. The first kappa shape index (κ1) is 17.1. The molecule has 0 spiro atoms. The van der Waals surface area contributed by atoms with Crippen LogP contribution in [0.4, 0.5) is 0 Å². The highest BCUT2D eigenvalue weighted by atomic mass is 32.1. The second kappa shape index (κ2) is 7.51. The molecule has 0 N–H and O–H groups in total. The average Bonchev–Trinajstić information content (AvgIpc) is 3.16. The molecular formula is C22H15NO3S. The molecule has 3 aromatic carbocycles. The molecule has 1 heterocycles. The number of Topliss-reactive ketones (excluding diaryl/α,β-unsaturated/α-hetero) is 1. The lowest BCUT2D eigenvalue weighted by Gasteiger charge is -2.07. The molecular weight excluding hydrogens is 358 g/mol. The largest absolute Gasteiger partial charge is 0.454 e. The van der Waals surface area contributed by atoms with E-state index in [9.17, 15) is 9.59 Å². The van der Waals surface area contributed by atoms with Gasteiger partial charge in [-0.15, -0.1) is 11.3 Å². The van der Waals surface area contributed by atoms with Crippen molar-refractivity contribution in [1.82, 2.24) is 4.98 Å². The molecule has 0 bridgehead atoms. The molecule has 27 heavy (non-hydrogen) atoms. The summed E-state index contributed by atoms with van der Waals surface area (Å²) >= 11 is 1.52. The predicted molar refractivity (Wildman–Crippen MR) is 106 cm³/mol. The van der Waals surface area contributed by atoms with Crippen LogP contribution in [0.2, 0.25) is 0 Å². The second-order valence-electron chi connectivity index (χ2n) is 5.90. The first-order chi connectivity index (χ1) is 13.2. The summed E-state index contributed by atoms with van der Waals surface area (Å²) < 4.78 is 6.32. The number of carbonyl (C=O) groups is 2. The highest BCUT2D eigenvalue weighted by molar-refractivity contribution is 7.21. The maximum absolute atomic E-state index is 12.6. The number of ketones is 1. The van der Waals surface area contributed by atoms with Crippen LogP contribution in [0.25, 0.3) is 20.8 Å². The summed E-state index contributed by atoms with van der Waals surface area (Å²) in [5.74, 6) is -0.768. The molecule has 0 saturated heterocycles. The van der Waals surface area contributed by atoms with E-state index in [0.717, 1.165) is 15.2 Å². The van der Waals surface area contributed by atoms with Crippen molar-refractivity contribution < 1.29 is 14.3 Å². The number of hydrogen-bond donors (Lipinski definition) is 0. The Bertz CT molecular complexity index is 1090. The number of hydrogen-bond acceptors (Lipinski definition) is 5. The minimum atomic E-state index is -0.533. The fourth-order valence-corrected chi connectivity index (χ4v) is 3.76. The number of carbonyl (C=O) groups excluding carboxylic acids is 2. The summed E-state index contributed by atoms with van der Waals surface area (Å²) in [5.41, 5.74) is 2.51. The Morgan fingerprint density at radius 2 is 1.56 bits per heavy atom. The van der Waals surface area contributed by atoms with Gasteiger partial charge in [0.1, 0.15) is 5.01 Å². The molecule has 1 aromatic heterocycles. The topological polar surface area (TPSA) is 56.3 Å². The molecule has 132 valence electrons. The van der Waals surface area contributed by atoms with E-state index in [1.165, 1.54) is 11.3 Å². The van der Waals surface area contributed by atoms with Crippen LogP contribution in [0.5, 0.6) is 0 Å². The van der Waals surface area contributed by atoms with E-state index in [-0.39, 0.29) is 12.4 Å². The van der Waals surface area contributed by atoms with E-state index in [4.69, 9.17) is 4.74 Å². The van der Waals surface area contributed by atoms with E-state index in [0.29, 0.717) is 16.7 Å². The normalized spacial score (nSPS) is 10.7. The molecule has 0 atom stereocenters. The summed E-state index contributed by atoms with van der Waals surface area (Å²) in [4.78, 5) is 29.4. The van der Waals surface area contributed by atoms with E-state index in [2.05, 4.69) is 4.98 Å². The molecule has 5 heteroatoms. The number of para-hydroxylation sites is 1. The fraction of sp³-hybridized carbons (Fsp3) is 0.0455. The lowest BCUT2D eigenvalue weighted by atomic mass is 10.1. The molecule has 0 amide bonds. The number of benzene rings is 3. The van der Waals surface area contributed by atoms with Crippen LogP contribution in [-0.2, 0) is 4.74 Å². The molecule has 0 fully saturated rings. The zero-order valence-corrected chi connectivity index (χ0v) is 15.1. The number of nitrogens with zero attached hydrogens (tertiary/aromatic N) is 1. The molecule has 4 aromatic rings. The highest BCUT2D eigenvalue weighted by Crippen LogP contribution is 2.32. The summed E-state index contributed by atoms with van der Waals surface area (Å²) in [6.07, 6.45) is 0. The van der Waals surface area contributed by atoms with Crippen LogP contribution in [0.3, 0.4) is 0 Å². The summed E-state index contributed by atoms with van der Waals surface area (Å²) in [6.45, 7) is -0.295. The predicted octanol–water partition coefficient (Wildman–Crippen LogP) is 5.00. The van der Waals surface area contributed by atoms with Gasteiger partial charge in [0.15, 0.2) is 12.4 Å². The van der Waals surface area contributed by atoms with Gasteiger partial charge >= 0.3 is 5.97 Å². The SMILES string of the molecule is O=C(COC(=O)c1ccccc1-c1nc2ccccc2s1)c1ccccc1. The minimum Gasteiger partial charge on any atom is -0.454 e. The highest BCUT2D eigenvalue weighted by Gasteiger charge is 2.18. The Kier molecular flexibility index (Phi) is 4.77. The van der Waals surface area contributed by atoms with Crippen LogP contribution >= 0.6 is 11.3 Å².